The maximum Gasteiger partial charge on any atom is 0.161 e. The van der Waals surface area contributed by atoms with Crippen LogP contribution in [0.5, 0.6) is 11.5 Å². The normalized spacial score (nSPS) is 10.1. The molecule has 0 radical (unpaired) electrons. The number of para-hydroxylation sites is 2. The molecule has 2 heteroatoms. The van der Waals surface area contributed by atoms with Gasteiger partial charge < -0.3 is 9.47 Å². The lowest BCUT2D eigenvalue weighted by Crippen LogP contribution is -1.95. The van der Waals surface area contributed by atoms with Crippen LogP contribution in [0.4, 0.5) is 0 Å². The average Bonchev–Trinajstić information content (AvgIpc) is 2.25. The summed E-state index contributed by atoms with van der Waals surface area (Å²) in [5, 5.41) is 0. The van der Waals surface area contributed by atoms with Crippen molar-refractivity contribution in [2.45, 2.75) is 0 Å². The predicted molar refractivity (Wildman–Crippen MR) is 57.8 cm³/mol. The van der Waals surface area contributed by atoms with Gasteiger partial charge in [0.15, 0.2) is 11.5 Å². The van der Waals surface area contributed by atoms with Gasteiger partial charge in [-0.05, 0) is 18.2 Å². The molecule has 1 rings (SSSR count). The maximum atomic E-state index is 5.47. The highest BCUT2D eigenvalue weighted by Gasteiger charge is 1.99. The molecule has 0 aliphatic heterocycles. The largest absolute Gasteiger partial charge is 0.493 e. The second kappa shape index (κ2) is 5.86. The highest BCUT2D eigenvalue weighted by atomic mass is 16.5. The Kier molecular flexibility index (Phi) is 4.35. The Morgan fingerprint density at radius 3 is 2.64 bits per heavy atom. The number of benzene rings is 1. The van der Waals surface area contributed by atoms with Crippen molar-refractivity contribution in [3.63, 3.8) is 0 Å². The van der Waals surface area contributed by atoms with E-state index < -0.39 is 0 Å². The van der Waals surface area contributed by atoms with Crippen LogP contribution in [0.15, 0.2) is 49.1 Å². The molecule has 0 saturated carbocycles. The zero-order chi connectivity index (χ0) is 10.2. The van der Waals surface area contributed by atoms with Gasteiger partial charge in [-0.25, -0.2) is 0 Å². The van der Waals surface area contributed by atoms with Crippen LogP contribution in [-0.4, -0.2) is 13.7 Å². The molecule has 0 atom stereocenters. The molecule has 1 aromatic carbocycles. The van der Waals surface area contributed by atoms with E-state index in [-0.39, 0.29) is 0 Å². The first-order valence-electron chi connectivity index (χ1n) is 4.42. The molecule has 74 valence electrons. The molecule has 0 fully saturated rings. The van der Waals surface area contributed by atoms with Crippen molar-refractivity contribution in [2.24, 2.45) is 0 Å². The van der Waals surface area contributed by atoms with Crippen LogP contribution in [0.2, 0.25) is 0 Å². The van der Waals surface area contributed by atoms with Gasteiger partial charge in [0.05, 0.1) is 7.11 Å². The first-order chi connectivity index (χ1) is 6.88. The summed E-state index contributed by atoms with van der Waals surface area (Å²) in [7, 11) is 1.63. The molecule has 0 bridgehead atoms. The van der Waals surface area contributed by atoms with E-state index in [0.717, 1.165) is 11.5 Å². The van der Waals surface area contributed by atoms with Crippen LogP contribution in [0, 0.1) is 0 Å². The third-order valence-electron chi connectivity index (χ3n) is 1.68. The Morgan fingerprint density at radius 2 is 2.00 bits per heavy atom. The van der Waals surface area contributed by atoms with E-state index in [1.807, 2.05) is 36.4 Å². The molecule has 0 unspecified atom stereocenters. The van der Waals surface area contributed by atoms with Crippen molar-refractivity contribution in [1.82, 2.24) is 0 Å². The lowest BCUT2D eigenvalue weighted by atomic mass is 10.3. The van der Waals surface area contributed by atoms with Crippen LogP contribution in [-0.2, 0) is 0 Å². The summed E-state index contributed by atoms with van der Waals surface area (Å²) in [5.41, 5.74) is 0. The first-order valence-corrected chi connectivity index (χ1v) is 4.42. The van der Waals surface area contributed by atoms with E-state index in [0.29, 0.717) is 6.61 Å². The topological polar surface area (TPSA) is 18.5 Å². The summed E-state index contributed by atoms with van der Waals surface area (Å²) in [4.78, 5) is 0. The summed E-state index contributed by atoms with van der Waals surface area (Å²) in [6, 6.07) is 7.56. The van der Waals surface area contributed by atoms with E-state index in [4.69, 9.17) is 9.47 Å². The molecule has 2 nitrogen and oxygen atoms in total. The van der Waals surface area contributed by atoms with Crippen LogP contribution in [0.3, 0.4) is 0 Å². The van der Waals surface area contributed by atoms with Gasteiger partial charge in [-0.1, -0.05) is 30.9 Å². The van der Waals surface area contributed by atoms with E-state index in [1.54, 1.807) is 13.2 Å². The Balaban J connectivity index is 2.57. The zero-order valence-corrected chi connectivity index (χ0v) is 8.27. The molecule has 0 aliphatic rings. The summed E-state index contributed by atoms with van der Waals surface area (Å²) in [6.45, 7) is 4.09. The van der Waals surface area contributed by atoms with Gasteiger partial charge >= 0.3 is 0 Å². The van der Waals surface area contributed by atoms with Crippen molar-refractivity contribution < 1.29 is 9.47 Å². The fourth-order valence-electron chi connectivity index (χ4n) is 1.03. The SMILES string of the molecule is C=C/C=C/COc1ccccc1OC. The number of ether oxygens (including phenoxy) is 2. The minimum Gasteiger partial charge on any atom is -0.493 e. The molecule has 0 N–H and O–H groups in total. The van der Waals surface area contributed by atoms with Crippen LogP contribution in [0.25, 0.3) is 0 Å². The van der Waals surface area contributed by atoms with Crippen LogP contribution >= 0.6 is 0 Å². The minimum absolute atomic E-state index is 0.520. The minimum atomic E-state index is 0.520. The highest BCUT2D eigenvalue weighted by molar-refractivity contribution is 5.39. The van der Waals surface area contributed by atoms with Crippen molar-refractivity contribution >= 4 is 0 Å². The highest BCUT2D eigenvalue weighted by Crippen LogP contribution is 2.25. The predicted octanol–water partition coefficient (Wildman–Crippen LogP) is 2.82. The number of allylic oxidation sites excluding steroid dienone is 2. The monoisotopic (exact) mass is 190 g/mol. The van der Waals surface area contributed by atoms with Gasteiger partial charge in [0, 0.05) is 0 Å². The first kappa shape index (κ1) is 10.4. The van der Waals surface area contributed by atoms with E-state index in [2.05, 4.69) is 6.58 Å². The zero-order valence-electron chi connectivity index (χ0n) is 8.27. The van der Waals surface area contributed by atoms with Crippen molar-refractivity contribution in [3.05, 3.63) is 49.1 Å². The van der Waals surface area contributed by atoms with Gasteiger partial charge in [0.25, 0.3) is 0 Å². The molecular formula is C12H14O2. The van der Waals surface area contributed by atoms with Crippen LogP contribution in [0.1, 0.15) is 0 Å². The lowest BCUT2D eigenvalue weighted by molar-refractivity contribution is 0.326. The number of rotatable bonds is 5. The van der Waals surface area contributed by atoms with Crippen molar-refractivity contribution in [1.29, 1.82) is 0 Å². The van der Waals surface area contributed by atoms with E-state index in [1.165, 1.54) is 0 Å². The van der Waals surface area contributed by atoms with Gasteiger partial charge in [0.2, 0.25) is 0 Å². The third-order valence-corrected chi connectivity index (χ3v) is 1.68. The van der Waals surface area contributed by atoms with Crippen molar-refractivity contribution in [3.8, 4) is 11.5 Å². The second-order valence-corrected chi connectivity index (χ2v) is 2.63. The van der Waals surface area contributed by atoms with Gasteiger partial charge in [-0.3, -0.25) is 0 Å². The van der Waals surface area contributed by atoms with Gasteiger partial charge in [-0.15, -0.1) is 0 Å². The van der Waals surface area contributed by atoms with E-state index >= 15 is 0 Å². The molecular weight excluding hydrogens is 176 g/mol. The summed E-state index contributed by atoms with van der Waals surface area (Å²) < 4.78 is 10.6. The Bertz CT molecular complexity index is 316. The summed E-state index contributed by atoms with van der Waals surface area (Å²) in [6.07, 6.45) is 5.44. The summed E-state index contributed by atoms with van der Waals surface area (Å²) in [5.74, 6) is 1.50. The smallest absolute Gasteiger partial charge is 0.161 e. The molecule has 0 spiro atoms. The molecule has 1 aromatic rings. The Hall–Kier alpha value is -1.70. The fourth-order valence-corrected chi connectivity index (χ4v) is 1.03. The van der Waals surface area contributed by atoms with Crippen LogP contribution < -0.4 is 9.47 Å². The van der Waals surface area contributed by atoms with Crippen molar-refractivity contribution in [2.75, 3.05) is 13.7 Å². The second-order valence-electron chi connectivity index (χ2n) is 2.63. The maximum absolute atomic E-state index is 5.47. The van der Waals surface area contributed by atoms with E-state index in [9.17, 15) is 0 Å². The standard InChI is InChI=1S/C12H14O2/c1-3-4-7-10-14-12-9-6-5-8-11(12)13-2/h3-9H,1,10H2,2H3/b7-4+. The molecule has 0 saturated heterocycles. The quantitative estimate of drug-likeness (QED) is 0.665. The number of hydrogen-bond acceptors (Lipinski definition) is 2. The molecule has 0 aliphatic carbocycles. The third kappa shape index (κ3) is 2.98. The number of hydrogen-bond donors (Lipinski definition) is 0. The Morgan fingerprint density at radius 1 is 1.29 bits per heavy atom. The molecule has 14 heavy (non-hydrogen) atoms. The Labute approximate surface area is 84.5 Å². The lowest BCUT2D eigenvalue weighted by Gasteiger charge is -2.07. The van der Waals surface area contributed by atoms with Gasteiger partial charge in [-0.2, -0.15) is 0 Å². The molecule has 0 amide bonds. The fraction of sp³-hybridized carbons (Fsp3) is 0.167. The molecule has 0 heterocycles. The van der Waals surface area contributed by atoms with Gasteiger partial charge in [0.1, 0.15) is 6.61 Å². The number of methoxy groups -OCH3 is 1. The summed E-state index contributed by atoms with van der Waals surface area (Å²) >= 11 is 0. The molecule has 0 aromatic heterocycles. The average molecular weight is 190 g/mol.